The van der Waals surface area contributed by atoms with Gasteiger partial charge in [0.2, 0.25) is 15.9 Å². The second kappa shape index (κ2) is 9.17. The predicted octanol–water partition coefficient (Wildman–Crippen LogP) is 3.04. The first kappa shape index (κ1) is 22.5. The maximum Gasteiger partial charge on any atom is 0.244 e. The third-order valence-electron chi connectivity index (χ3n) is 4.65. The Morgan fingerprint density at radius 3 is 2.17 bits per heavy atom. The van der Waals surface area contributed by atoms with Crippen molar-refractivity contribution in [3.05, 3.63) is 53.6 Å². The Hall–Kier alpha value is -2.74. The average molecular weight is 421 g/mol. The largest absolute Gasteiger partial charge is 0.497 e. The van der Waals surface area contributed by atoms with Gasteiger partial charge in [0.1, 0.15) is 17.5 Å². The Labute approximate surface area is 172 Å². The van der Waals surface area contributed by atoms with Crippen LogP contribution in [-0.4, -0.2) is 40.8 Å². The van der Waals surface area contributed by atoms with E-state index in [1.54, 1.807) is 12.1 Å². The smallest absolute Gasteiger partial charge is 0.244 e. The second-order valence-electron chi connectivity index (χ2n) is 6.91. The predicted molar refractivity (Wildman–Crippen MR) is 114 cm³/mol. The van der Waals surface area contributed by atoms with Gasteiger partial charge in [0.15, 0.2) is 0 Å². The lowest BCUT2D eigenvalue weighted by molar-refractivity contribution is -0.122. The molecule has 0 heterocycles. The number of anilines is 1. The highest BCUT2D eigenvalue weighted by Gasteiger charge is 2.32. The van der Waals surface area contributed by atoms with Crippen LogP contribution in [0.1, 0.15) is 31.0 Å². The fraction of sp³-hybridized carbons (Fsp3) is 0.381. The minimum absolute atomic E-state index is 0.236. The van der Waals surface area contributed by atoms with Gasteiger partial charge in [0.05, 0.1) is 32.2 Å². The Kier molecular flexibility index (Phi) is 7.13. The van der Waals surface area contributed by atoms with Gasteiger partial charge in [0, 0.05) is 6.07 Å². The molecular formula is C21H28N2O5S. The molecule has 0 radical (unpaired) electrons. The Balaban J connectivity index is 2.35. The summed E-state index contributed by atoms with van der Waals surface area (Å²) in [6.07, 6.45) is 1.05. The molecule has 0 spiro atoms. The summed E-state index contributed by atoms with van der Waals surface area (Å²) in [6, 6.07) is 11.3. The molecule has 0 aromatic heterocycles. The summed E-state index contributed by atoms with van der Waals surface area (Å²) in [5, 5.41) is 2.89. The zero-order valence-corrected chi connectivity index (χ0v) is 18.4. The number of nitrogens with zero attached hydrogens (tertiary/aromatic N) is 1. The number of benzene rings is 2. The van der Waals surface area contributed by atoms with Gasteiger partial charge in [-0.25, -0.2) is 8.42 Å². The maximum atomic E-state index is 12.9. The van der Waals surface area contributed by atoms with Gasteiger partial charge >= 0.3 is 0 Å². The van der Waals surface area contributed by atoms with E-state index in [4.69, 9.17) is 9.47 Å². The maximum absolute atomic E-state index is 12.9. The van der Waals surface area contributed by atoms with Crippen LogP contribution >= 0.6 is 0 Å². The van der Waals surface area contributed by atoms with Crippen LogP contribution in [0.5, 0.6) is 11.5 Å². The summed E-state index contributed by atoms with van der Waals surface area (Å²) in [5.41, 5.74) is 2.29. The minimum atomic E-state index is -3.79. The molecule has 7 nitrogen and oxygen atoms in total. The molecule has 1 amide bonds. The number of aryl methyl sites for hydroxylation is 1. The molecule has 0 saturated heterocycles. The SMILES string of the molecule is COc1ccc(OC)c(N(C(C)C(=O)NC(C)c2ccc(C)cc2)S(C)(=O)=O)c1. The van der Waals surface area contributed by atoms with Crippen molar-refractivity contribution in [3.8, 4) is 11.5 Å². The van der Waals surface area contributed by atoms with Crippen LogP contribution in [0.3, 0.4) is 0 Å². The third kappa shape index (κ3) is 5.41. The highest BCUT2D eigenvalue weighted by atomic mass is 32.2. The summed E-state index contributed by atoms with van der Waals surface area (Å²) < 4.78 is 36.8. The van der Waals surface area contributed by atoms with E-state index < -0.39 is 22.0 Å². The van der Waals surface area contributed by atoms with Crippen LogP contribution in [0.25, 0.3) is 0 Å². The van der Waals surface area contributed by atoms with E-state index in [2.05, 4.69) is 5.32 Å². The molecule has 1 N–H and O–H groups in total. The number of methoxy groups -OCH3 is 2. The van der Waals surface area contributed by atoms with Crippen LogP contribution in [-0.2, 0) is 14.8 Å². The average Bonchev–Trinajstić information content (AvgIpc) is 2.67. The molecule has 0 bridgehead atoms. The second-order valence-corrected chi connectivity index (χ2v) is 8.77. The van der Waals surface area contributed by atoms with Crippen molar-refractivity contribution in [1.29, 1.82) is 0 Å². The molecule has 0 aliphatic rings. The summed E-state index contributed by atoms with van der Waals surface area (Å²) >= 11 is 0. The lowest BCUT2D eigenvalue weighted by Crippen LogP contribution is -2.48. The number of carbonyl (C=O) groups excluding carboxylic acids is 1. The molecule has 2 atom stereocenters. The number of carbonyl (C=O) groups is 1. The van der Waals surface area contributed by atoms with Crippen LogP contribution in [0.4, 0.5) is 5.69 Å². The van der Waals surface area contributed by atoms with Crippen molar-refractivity contribution in [2.24, 2.45) is 0 Å². The van der Waals surface area contributed by atoms with Gasteiger partial charge in [-0.05, 0) is 38.5 Å². The minimum Gasteiger partial charge on any atom is -0.497 e. The van der Waals surface area contributed by atoms with E-state index >= 15 is 0 Å². The first-order chi connectivity index (χ1) is 13.6. The van der Waals surface area contributed by atoms with Crippen molar-refractivity contribution in [1.82, 2.24) is 5.32 Å². The molecule has 2 rings (SSSR count). The molecule has 8 heteroatoms. The monoisotopic (exact) mass is 420 g/mol. The number of hydrogen-bond donors (Lipinski definition) is 1. The van der Waals surface area contributed by atoms with Gasteiger partial charge in [-0.1, -0.05) is 29.8 Å². The number of ether oxygens (including phenoxy) is 2. The Morgan fingerprint density at radius 2 is 1.66 bits per heavy atom. The van der Waals surface area contributed by atoms with Gasteiger partial charge in [-0.3, -0.25) is 9.10 Å². The number of amides is 1. The van der Waals surface area contributed by atoms with Crippen molar-refractivity contribution >= 4 is 21.6 Å². The molecule has 29 heavy (non-hydrogen) atoms. The Morgan fingerprint density at radius 1 is 1.03 bits per heavy atom. The van der Waals surface area contributed by atoms with Gasteiger partial charge in [0.25, 0.3) is 0 Å². The molecule has 2 aromatic carbocycles. The van der Waals surface area contributed by atoms with E-state index in [1.807, 2.05) is 38.1 Å². The summed E-state index contributed by atoms with van der Waals surface area (Å²) in [4.78, 5) is 12.9. The standard InChI is InChI=1S/C21H28N2O5S/c1-14-7-9-17(10-8-14)15(2)22-21(24)16(3)23(29(6,25)26)19-13-18(27-4)11-12-20(19)28-5/h7-13,15-16H,1-6H3,(H,22,24). The Bertz CT molecular complexity index is 958. The number of rotatable bonds is 8. The molecule has 2 aromatic rings. The number of hydrogen-bond acceptors (Lipinski definition) is 5. The van der Waals surface area contributed by atoms with Crippen molar-refractivity contribution < 1.29 is 22.7 Å². The molecule has 0 fully saturated rings. The zero-order valence-electron chi connectivity index (χ0n) is 17.6. The van der Waals surface area contributed by atoms with Crippen molar-refractivity contribution in [2.45, 2.75) is 32.9 Å². The van der Waals surface area contributed by atoms with Crippen molar-refractivity contribution in [3.63, 3.8) is 0 Å². The molecular weight excluding hydrogens is 392 g/mol. The lowest BCUT2D eigenvalue weighted by Gasteiger charge is -2.30. The molecule has 2 unspecified atom stereocenters. The third-order valence-corrected chi connectivity index (χ3v) is 5.88. The zero-order chi connectivity index (χ0) is 21.8. The number of sulfonamides is 1. The van der Waals surface area contributed by atoms with Gasteiger partial charge in [-0.15, -0.1) is 0 Å². The van der Waals surface area contributed by atoms with E-state index in [-0.39, 0.29) is 11.7 Å². The topological polar surface area (TPSA) is 84.9 Å². The summed E-state index contributed by atoms with van der Waals surface area (Å²) in [7, 11) is -0.867. The summed E-state index contributed by atoms with van der Waals surface area (Å²) in [6.45, 7) is 5.38. The van der Waals surface area contributed by atoms with E-state index in [9.17, 15) is 13.2 Å². The fourth-order valence-corrected chi connectivity index (χ4v) is 4.19. The van der Waals surface area contributed by atoms with Gasteiger partial charge < -0.3 is 14.8 Å². The highest BCUT2D eigenvalue weighted by Crippen LogP contribution is 2.35. The highest BCUT2D eigenvalue weighted by molar-refractivity contribution is 7.92. The first-order valence-electron chi connectivity index (χ1n) is 9.16. The summed E-state index contributed by atoms with van der Waals surface area (Å²) in [5.74, 6) is 0.353. The number of nitrogens with one attached hydrogen (secondary N) is 1. The van der Waals surface area contributed by atoms with E-state index in [1.165, 1.54) is 27.2 Å². The first-order valence-corrected chi connectivity index (χ1v) is 11.0. The van der Waals surface area contributed by atoms with Crippen LogP contribution in [0, 0.1) is 6.92 Å². The van der Waals surface area contributed by atoms with Crippen LogP contribution < -0.4 is 19.1 Å². The van der Waals surface area contributed by atoms with Crippen molar-refractivity contribution in [2.75, 3.05) is 24.8 Å². The molecule has 0 aliphatic carbocycles. The molecule has 158 valence electrons. The fourth-order valence-electron chi connectivity index (χ4n) is 3.02. The van der Waals surface area contributed by atoms with Crippen LogP contribution in [0.2, 0.25) is 0 Å². The molecule has 0 aliphatic heterocycles. The normalized spacial score (nSPS) is 13.3. The lowest BCUT2D eigenvalue weighted by atomic mass is 10.1. The molecule has 0 saturated carbocycles. The van der Waals surface area contributed by atoms with E-state index in [0.717, 1.165) is 21.7 Å². The van der Waals surface area contributed by atoms with E-state index in [0.29, 0.717) is 11.5 Å². The van der Waals surface area contributed by atoms with Gasteiger partial charge in [-0.2, -0.15) is 0 Å². The van der Waals surface area contributed by atoms with Crippen LogP contribution in [0.15, 0.2) is 42.5 Å². The quantitative estimate of drug-likeness (QED) is 0.710.